The predicted molar refractivity (Wildman–Crippen MR) is 73.6 cm³/mol. The topological polar surface area (TPSA) is 44.5 Å². The van der Waals surface area contributed by atoms with Crippen LogP contribution in [0.3, 0.4) is 0 Å². The average Bonchev–Trinajstić information content (AvgIpc) is 2.37. The van der Waals surface area contributed by atoms with E-state index < -0.39 is 0 Å². The lowest BCUT2D eigenvalue weighted by Gasteiger charge is -2.37. The molecule has 0 radical (unpaired) electrons. The van der Waals surface area contributed by atoms with Gasteiger partial charge in [-0.3, -0.25) is 0 Å². The Morgan fingerprint density at radius 2 is 1.83 bits per heavy atom. The molecule has 0 spiro atoms. The standard InChI is InChI=1S/C15H23NO2/c1-15(2)6-5-10(9-16)11-7-13(17-3)14(18-4)8-12(11)15/h7-8,10H,5-6,9,16H2,1-4H3. The molecule has 0 saturated heterocycles. The molecule has 2 N–H and O–H groups in total. The van der Waals surface area contributed by atoms with Crippen LogP contribution in [0.2, 0.25) is 0 Å². The molecule has 0 saturated carbocycles. The summed E-state index contributed by atoms with van der Waals surface area (Å²) in [5, 5.41) is 0. The molecule has 1 aromatic rings. The Bertz CT molecular complexity index is 440. The van der Waals surface area contributed by atoms with E-state index in [0.29, 0.717) is 12.5 Å². The van der Waals surface area contributed by atoms with Crippen molar-refractivity contribution >= 4 is 0 Å². The Labute approximate surface area is 109 Å². The van der Waals surface area contributed by atoms with Crippen molar-refractivity contribution in [1.82, 2.24) is 0 Å². The Morgan fingerprint density at radius 3 is 2.39 bits per heavy atom. The van der Waals surface area contributed by atoms with Crippen LogP contribution >= 0.6 is 0 Å². The van der Waals surface area contributed by atoms with E-state index in [2.05, 4.69) is 26.0 Å². The predicted octanol–water partition coefficient (Wildman–Crippen LogP) is 2.82. The van der Waals surface area contributed by atoms with Gasteiger partial charge in [0.1, 0.15) is 0 Å². The molecule has 0 heterocycles. The van der Waals surface area contributed by atoms with Crippen LogP contribution in [0, 0.1) is 0 Å². The van der Waals surface area contributed by atoms with E-state index in [1.54, 1.807) is 14.2 Å². The molecular weight excluding hydrogens is 226 g/mol. The molecule has 1 aliphatic carbocycles. The van der Waals surface area contributed by atoms with Crippen LogP contribution in [0.4, 0.5) is 0 Å². The third-order valence-electron chi connectivity index (χ3n) is 4.13. The fraction of sp³-hybridized carbons (Fsp3) is 0.600. The van der Waals surface area contributed by atoms with Gasteiger partial charge >= 0.3 is 0 Å². The molecule has 18 heavy (non-hydrogen) atoms. The van der Waals surface area contributed by atoms with Crippen molar-refractivity contribution < 1.29 is 9.47 Å². The summed E-state index contributed by atoms with van der Waals surface area (Å²) in [6.07, 6.45) is 2.31. The van der Waals surface area contributed by atoms with Crippen molar-refractivity contribution in [2.45, 2.75) is 38.0 Å². The largest absolute Gasteiger partial charge is 0.493 e. The maximum Gasteiger partial charge on any atom is 0.161 e. The van der Waals surface area contributed by atoms with Crippen LogP contribution in [0.15, 0.2) is 12.1 Å². The normalized spacial score (nSPS) is 21.3. The lowest BCUT2D eigenvalue weighted by Crippen LogP contribution is -2.29. The molecule has 1 unspecified atom stereocenters. The first kappa shape index (κ1) is 13.2. The quantitative estimate of drug-likeness (QED) is 0.896. The van der Waals surface area contributed by atoms with E-state index in [0.717, 1.165) is 24.3 Å². The molecule has 0 bridgehead atoms. The zero-order valence-electron chi connectivity index (χ0n) is 11.7. The number of hydrogen-bond donors (Lipinski definition) is 1. The Balaban J connectivity index is 2.59. The maximum atomic E-state index is 5.90. The van der Waals surface area contributed by atoms with Crippen molar-refractivity contribution in [2.75, 3.05) is 20.8 Å². The van der Waals surface area contributed by atoms with Crippen LogP contribution < -0.4 is 15.2 Å². The lowest BCUT2D eigenvalue weighted by molar-refractivity contribution is 0.345. The molecule has 1 aliphatic rings. The minimum absolute atomic E-state index is 0.181. The number of rotatable bonds is 3. The highest BCUT2D eigenvalue weighted by atomic mass is 16.5. The van der Waals surface area contributed by atoms with Crippen LogP contribution in [0.5, 0.6) is 11.5 Å². The number of fused-ring (bicyclic) bond motifs is 1. The third-order valence-corrected chi connectivity index (χ3v) is 4.13. The molecule has 3 nitrogen and oxygen atoms in total. The van der Waals surface area contributed by atoms with Gasteiger partial charge in [0.2, 0.25) is 0 Å². The van der Waals surface area contributed by atoms with Crippen molar-refractivity contribution in [2.24, 2.45) is 5.73 Å². The summed E-state index contributed by atoms with van der Waals surface area (Å²) in [6, 6.07) is 4.22. The van der Waals surface area contributed by atoms with Gasteiger partial charge in [0.15, 0.2) is 11.5 Å². The maximum absolute atomic E-state index is 5.90. The molecular formula is C15H23NO2. The van der Waals surface area contributed by atoms with Crippen LogP contribution in [-0.2, 0) is 5.41 Å². The highest BCUT2D eigenvalue weighted by molar-refractivity contribution is 5.52. The van der Waals surface area contributed by atoms with Crippen molar-refractivity contribution in [3.8, 4) is 11.5 Å². The first-order valence-corrected chi connectivity index (χ1v) is 6.50. The number of benzene rings is 1. The number of nitrogens with two attached hydrogens (primary N) is 1. The summed E-state index contributed by atoms with van der Waals surface area (Å²) in [6.45, 7) is 5.26. The second-order valence-electron chi connectivity index (χ2n) is 5.65. The summed E-state index contributed by atoms with van der Waals surface area (Å²) in [7, 11) is 3.36. The molecule has 3 heteroatoms. The van der Waals surface area contributed by atoms with Gasteiger partial charge in [0, 0.05) is 0 Å². The first-order chi connectivity index (χ1) is 8.53. The third kappa shape index (κ3) is 2.07. The van der Waals surface area contributed by atoms with Crippen molar-refractivity contribution in [3.63, 3.8) is 0 Å². The Kier molecular flexibility index (Phi) is 3.53. The molecule has 100 valence electrons. The molecule has 0 fully saturated rings. The van der Waals surface area contributed by atoms with Crippen LogP contribution in [0.1, 0.15) is 43.7 Å². The van der Waals surface area contributed by atoms with Crippen molar-refractivity contribution in [3.05, 3.63) is 23.3 Å². The van der Waals surface area contributed by atoms with E-state index in [1.807, 2.05) is 0 Å². The monoisotopic (exact) mass is 249 g/mol. The second kappa shape index (κ2) is 4.81. The van der Waals surface area contributed by atoms with Gasteiger partial charge in [-0.25, -0.2) is 0 Å². The number of hydrogen-bond acceptors (Lipinski definition) is 3. The van der Waals surface area contributed by atoms with E-state index in [-0.39, 0.29) is 5.41 Å². The van der Waals surface area contributed by atoms with E-state index in [1.165, 1.54) is 11.1 Å². The molecule has 2 rings (SSSR count). The second-order valence-corrected chi connectivity index (χ2v) is 5.65. The van der Waals surface area contributed by atoms with Gasteiger partial charge in [-0.05, 0) is 54.0 Å². The summed E-state index contributed by atoms with van der Waals surface area (Å²) >= 11 is 0. The van der Waals surface area contributed by atoms with Gasteiger partial charge in [0.25, 0.3) is 0 Å². The zero-order valence-corrected chi connectivity index (χ0v) is 11.7. The van der Waals surface area contributed by atoms with Crippen molar-refractivity contribution in [1.29, 1.82) is 0 Å². The minimum atomic E-state index is 0.181. The molecule has 1 aromatic carbocycles. The average molecular weight is 249 g/mol. The number of ether oxygens (including phenoxy) is 2. The van der Waals surface area contributed by atoms with Gasteiger partial charge in [-0.1, -0.05) is 13.8 Å². The molecule has 1 atom stereocenters. The van der Waals surface area contributed by atoms with Gasteiger partial charge in [0.05, 0.1) is 14.2 Å². The van der Waals surface area contributed by atoms with E-state index in [4.69, 9.17) is 15.2 Å². The highest BCUT2D eigenvalue weighted by Gasteiger charge is 2.33. The number of methoxy groups -OCH3 is 2. The minimum Gasteiger partial charge on any atom is -0.493 e. The van der Waals surface area contributed by atoms with E-state index in [9.17, 15) is 0 Å². The summed E-state index contributed by atoms with van der Waals surface area (Å²) in [5.74, 6) is 2.04. The summed E-state index contributed by atoms with van der Waals surface area (Å²) in [5.41, 5.74) is 8.75. The van der Waals surface area contributed by atoms with Gasteiger partial charge in [-0.2, -0.15) is 0 Å². The van der Waals surface area contributed by atoms with Gasteiger partial charge < -0.3 is 15.2 Å². The SMILES string of the molecule is COc1cc2c(cc1OC)C(C)(C)CCC2CN. The van der Waals surface area contributed by atoms with Gasteiger partial charge in [-0.15, -0.1) is 0 Å². The molecule has 0 aliphatic heterocycles. The van der Waals surface area contributed by atoms with Crippen LogP contribution in [-0.4, -0.2) is 20.8 Å². The zero-order chi connectivity index (χ0) is 13.3. The summed E-state index contributed by atoms with van der Waals surface area (Å²) in [4.78, 5) is 0. The fourth-order valence-electron chi connectivity index (χ4n) is 2.89. The van der Waals surface area contributed by atoms with E-state index >= 15 is 0 Å². The first-order valence-electron chi connectivity index (χ1n) is 6.50. The molecule has 0 aromatic heterocycles. The summed E-state index contributed by atoms with van der Waals surface area (Å²) < 4.78 is 10.8. The molecule has 0 amide bonds. The smallest absolute Gasteiger partial charge is 0.161 e. The van der Waals surface area contributed by atoms with Crippen LogP contribution in [0.25, 0.3) is 0 Å². The lowest BCUT2D eigenvalue weighted by atomic mass is 9.68. The fourth-order valence-corrected chi connectivity index (χ4v) is 2.89. The Hall–Kier alpha value is -1.22. The Morgan fingerprint density at radius 1 is 1.22 bits per heavy atom. The highest BCUT2D eigenvalue weighted by Crippen LogP contribution is 2.46.